The molecule has 0 fully saturated rings. The molecule has 38 heavy (non-hydrogen) atoms. The zero-order valence-electron chi connectivity index (χ0n) is 20.7. The summed E-state index contributed by atoms with van der Waals surface area (Å²) >= 11 is 0. The Labute approximate surface area is 217 Å². The molecule has 0 aliphatic carbocycles. The molecule has 0 saturated heterocycles. The molecule has 6 N–H and O–H groups in total. The molecule has 0 radical (unpaired) electrons. The van der Waals surface area contributed by atoms with Crippen LogP contribution in [-0.4, -0.2) is 32.5 Å². The monoisotopic (exact) mass is 510 g/mol. The van der Waals surface area contributed by atoms with Gasteiger partial charge in [-0.1, -0.05) is 66.7 Å². The van der Waals surface area contributed by atoms with E-state index in [9.17, 15) is 9.90 Å². The van der Waals surface area contributed by atoms with E-state index in [1.54, 1.807) is 19.2 Å². The van der Waals surface area contributed by atoms with Crippen molar-refractivity contribution in [2.75, 3.05) is 11.9 Å². The van der Waals surface area contributed by atoms with Crippen molar-refractivity contribution >= 4 is 22.9 Å². The van der Waals surface area contributed by atoms with Crippen molar-refractivity contribution < 1.29 is 9.52 Å². The molecule has 11 nitrogen and oxygen atoms in total. The van der Waals surface area contributed by atoms with E-state index in [-0.39, 0.29) is 17.6 Å². The highest BCUT2D eigenvalue weighted by Gasteiger charge is 2.27. The number of para-hydroxylation sites is 2. The highest BCUT2D eigenvalue weighted by Crippen LogP contribution is 2.34. The van der Waals surface area contributed by atoms with E-state index < -0.39 is 11.3 Å². The summed E-state index contributed by atoms with van der Waals surface area (Å²) < 4.78 is 7.11. The lowest BCUT2D eigenvalue weighted by Gasteiger charge is -2.31. The van der Waals surface area contributed by atoms with Gasteiger partial charge in [0.15, 0.2) is 17.1 Å². The second kappa shape index (κ2) is 10.1. The van der Waals surface area contributed by atoms with Crippen LogP contribution in [0.15, 0.2) is 93.2 Å². The maximum Gasteiger partial charge on any atom is 0.297 e. The number of anilines is 1. The first kappa shape index (κ1) is 24.5. The third kappa shape index (κ3) is 4.31. The number of fused-ring (bicyclic) bond motifs is 1. The molecule has 11 heteroatoms. The SMILES string of the molecule is CN(c1nc(-c2nc3ccccc3o2)c(O)c(=O)n1C)C(c1ccccc1)c1ccc(/C(=N/N)NN)cc1. The average molecular weight is 511 g/mol. The number of hydrazine groups is 1. The number of nitrogens with one attached hydrogen (secondary N) is 1. The van der Waals surface area contributed by atoms with Gasteiger partial charge in [-0.05, 0) is 23.3 Å². The van der Waals surface area contributed by atoms with E-state index in [0.29, 0.717) is 28.4 Å². The number of hydrogen-bond acceptors (Lipinski definition) is 9. The summed E-state index contributed by atoms with van der Waals surface area (Å²) in [6.07, 6.45) is 0. The number of benzene rings is 3. The third-order valence-corrected chi connectivity index (χ3v) is 6.32. The minimum Gasteiger partial charge on any atom is -0.501 e. The zero-order chi connectivity index (χ0) is 26.8. The number of hydrogen-bond donors (Lipinski definition) is 4. The molecule has 3 aromatic carbocycles. The summed E-state index contributed by atoms with van der Waals surface area (Å²) in [6.45, 7) is 0. The van der Waals surface area contributed by atoms with Crippen LogP contribution in [0.25, 0.3) is 22.7 Å². The second-order valence-corrected chi connectivity index (χ2v) is 8.63. The Hall–Kier alpha value is -5.16. The van der Waals surface area contributed by atoms with Crippen LogP contribution in [0.5, 0.6) is 5.75 Å². The largest absolute Gasteiger partial charge is 0.501 e. The van der Waals surface area contributed by atoms with Crippen LogP contribution in [-0.2, 0) is 7.05 Å². The molecule has 0 aliphatic rings. The molecule has 0 spiro atoms. The molecular formula is C27H26N8O3. The molecule has 0 saturated carbocycles. The molecule has 2 heterocycles. The average Bonchev–Trinajstić information content (AvgIpc) is 3.38. The Balaban J connectivity index is 1.64. The summed E-state index contributed by atoms with van der Waals surface area (Å²) in [5.41, 5.74) is 5.50. The van der Waals surface area contributed by atoms with Crippen LogP contribution >= 0.6 is 0 Å². The lowest BCUT2D eigenvalue weighted by molar-refractivity contribution is 0.455. The molecule has 0 bridgehead atoms. The van der Waals surface area contributed by atoms with Crippen molar-refractivity contribution in [2.45, 2.75) is 6.04 Å². The molecule has 0 amide bonds. The minimum atomic E-state index is -0.626. The maximum absolute atomic E-state index is 13.1. The predicted octanol–water partition coefficient (Wildman–Crippen LogP) is 2.60. The van der Waals surface area contributed by atoms with Crippen LogP contribution in [0, 0.1) is 0 Å². The van der Waals surface area contributed by atoms with Crippen molar-refractivity contribution in [3.8, 4) is 17.3 Å². The van der Waals surface area contributed by atoms with Gasteiger partial charge >= 0.3 is 0 Å². The van der Waals surface area contributed by atoms with E-state index in [4.69, 9.17) is 16.1 Å². The van der Waals surface area contributed by atoms with E-state index in [1.807, 2.05) is 78.7 Å². The molecule has 5 aromatic rings. The smallest absolute Gasteiger partial charge is 0.297 e. The minimum absolute atomic E-state index is 0.0360. The van der Waals surface area contributed by atoms with Crippen LogP contribution < -0.4 is 27.6 Å². The topological polar surface area (TPSA) is 161 Å². The summed E-state index contributed by atoms with van der Waals surface area (Å²) in [5.74, 6) is 11.1. The van der Waals surface area contributed by atoms with Crippen LogP contribution in [0.1, 0.15) is 22.7 Å². The van der Waals surface area contributed by atoms with Crippen molar-refractivity contribution in [1.82, 2.24) is 20.0 Å². The lowest BCUT2D eigenvalue weighted by Crippen LogP contribution is -2.33. The summed E-state index contributed by atoms with van der Waals surface area (Å²) in [7, 11) is 3.38. The number of amidine groups is 1. The van der Waals surface area contributed by atoms with Gasteiger partial charge in [-0.3, -0.25) is 9.36 Å². The van der Waals surface area contributed by atoms with Gasteiger partial charge < -0.3 is 25.7 Å². The number of aromatic hydroxyl groups is 1. The van der Waals surface area contributed by atoms with E-state index >= 15 is 0 Å². The van der Waals surface area contributed by atoms with Crippen LogP contribution in [0.3, 0.4) is 0 Å². The first-order valence-electron chi connectivity index (χ1n) is 11.7. The number of hydrazone groups is 1. The van der Waals surface area contributed by atoms with Crippen molar-refractivity contribution in [3.05, 3.63) is 106 Å². The van der Waals surface area contributed by atoms with Gasteiger partial charge in [-0.15, -0.1) is 0 Å². The van der Waals surface area contributed by atoms with Gasteiger partial charge in [0.2, 0.25) is 11.7 Å². The molecule has 1 atom stereocenters. The van der Waals surface area contributed by atoms with Crippen molar-refractivity contribution in [2.24, 2.45) is 23.8 Å². The standard InChI is InChI=1S/C27H26N8O3/c1-34(22(16-8-4-3-5-9-16)17-12-14-18(15-13-17)24(32-28)33-29)27-31-21(23(36)26(37)35(27)2)25-30-19-10-6-7-11-20(19)38-25/h3-15,22,36H,28-29H2,1-2H3,(H,32,33). The maximum atomic E-state index is 13.1. The first-order valence-corrected chi connectivity index (χ1v) is 11.7. The van der Waals surface area contributed by atoms with Gasteiger partial charge in [-0.25, -0.2) is 15.8 Å². The lowest BCUT2D eigenvalue weighted by atomic mass is 9.96. The van der Waals surface area contributed by atoms with E-state index in [2.05, 4.69) is 20.5 Å². The van der Waals surface area contributed by atoms with E-state index in [0.717, 1.165) is 11.1 Å². The number of oxazole rings is 1. The highest BCUT2D eigenvalue weighted by molar-refractivity contribution is 5.98. The fourth-order valence-corrected chi connectivity index (χ4v) is 4.43. The Morgan fingerprint density at radius 1 is 1.03 bits per heavy atom. The molecular weight excluding hydrogens is 484 g/mol. The Kier molecular flexibility index (Phi) is 6.50. The predicted molar refractivity (Wildman–Crippen MR) is 145 cm³/mol. The van der Waals surface area contributed by atoms with Gasteiger partial charge in [-0.2, -0.15) is 5.10 Å². The Bertz CT molecular complexity index is 1640. The molecule has 1 unspecified atom stereocenters. The highest BCUT2D eigenvalue weighted by atomic mass is 16.4. The van der Waals surface area contributed by atoms with Crippen LogP contribution in [0.4, 0.5) is 5.95 Å². The van der Waals surface area contributed by atoms with Crippen molar-refractivity contribution in [3.63, 3.8) is 0 Å². The number of rotatable bonds is 6. The summed E-state index contributed by atoms with van der Waals surface area (Å²) in [5, 5.41) is 14.4. The number of nitrogens with two attached hydrogens (primary N) is 2. The normalized spacial score (nSPS) is 12.4. The molecule has 192 valence electrons. The van der Waals surface area contributed by atoms with Crippen molar-refractivity contribution in [1.29, 1.82) is 0 Å². The van der Waals surface area contributed by atoms with E-state index in [1.165, 1.54) is 4.57 Å². The fourth-order valence-electron chi connectivity index (χ4n) is 4.43. The quantitative estimate of drug-likeness (QED) is 0.116. The summed E-state index contributed by atoms with van der Waals surface area (Å²) in [6, 6.07) is 24.2. The fraction of sp³-hybridized carbons (Fsp3) is 0.111. The molecule has 2 aromatic heterocycles. The summed E-state index contributed by atoms with van der Waals surface area (Å²) in [4.78, 5) is 24.1. The Morgan fingerprint density at radius 3 is 2.34 bits per heavy atom. The van der Waals surface area contributed by atoms with Gasteiger partial charge in [0.25, 0.3) is 11.4 Å². The second-order valence-electron chi connectivity index (χ2n) is 8.63. The molecule has 5 rings (SSSR count). The van der Waals surface area contributed by atoms with Crippen LogP contribution in [0.2, 0.25) is 0 Å². The molecule has 0 aliphatic heterocycles. The Morgan fingerprint density at radius 2 is 1.68 bits per heavy atom. The zero-order valence-corrected chi connectivity index (χ0v) is 20.7. The van der Waals surface area contributed by atoms with Gasteiger partial charge in [0.05, 0.1) is 6.04 Å². The first-order chi connectivity index (χ1) is 18.4. The van der Waals surface area contributed by atoms with Gasteiger partial charge in [0, 0.05) is 19.7 Å². The third-order valence-electron chi connectivity index (χ3n) is 6.32. The van der Waals surface area contributed by atoms with Gasteiger partial charge in [0.1, 0.15) is 5.52 Å². The number of aromatic nitrogens is 3. The number of nitrogens with zero attached hydrogens (tertiary/aromatic N) is 5.